The minimum atomic E-state index is -4.33. The van der Waals surface area contributed by atoms with E-state index in [-0.39, 0.29) is 17.9 Å². The van der Waals surface area contributed by atoms with Crippen molar-refractivity contribution < 1.29 is 22.7 Å². The van der Waals surface area contributed by atoms with Gasteiger partial charge in [0, 0.05) is 6.54 Å². The van der Waals surface area contributed by atoms with Crippen LogP contribution in [0.4, 0.5) is 13.2 Å². The van der Waals surface area contributed by atoms with E-state index in [2.05, 4.69) is 10.1 Å². The van der Waals surface area contributed by atoms with E-state index < -0.39 is 11.7 Å². The molecule has 0 unspecified atom stereocenters. The molecule has 3 nitrogen and oxygen atoms in total. The van der Waals surface area contributed by atoms with Crippen LogP contribution in [0.5, 0.6) is 0 Å². The topological polar surface area (TPSA) is 38.3 Å². The Balaban J connectivity index is 2.06. The summed E-state index contributed by atoms with van der Waals surface area (Å²) in [5.41, 5.74) is 0.0146. The second kappa shape index (κ2) is 5.83. The molecule has 1 aliphatic rings. The molecule has 0 amide bonds. The molecule has 0 aliphatic carbocycles. The molecule has 1 heterocycles. The van der Waals surface area contributed by atoms with Gasteiger partial charge in [-0.3, -0.25) is 4.79 Å². The van der Waals surface area contributed by atoms with E-state index in [1.807, 2.05) is 0 Å². The molecule has 1 aromatic rings. The van der Waals surface area contributed by atoms with Gasteiger partial charge in [-0.2, -0.15) is 13.2 Å². The van der Waals surface area contributed by atoms with Gasteiger partial charge in [0.05, 0.1) is 12.7 Å². The number of nitrogens with one attached hydrogen (secondary N) is 1. The molecule has 1 saturated heterocycles. The van der Waals surface area contributed by atoms with Gasteiger partial charge < -0.3 is 10.1 Å². The number of carbonyl (C=O) groups is 1. The quantitative estimate of drug-likeness (QED) is 0.850. The molecule has 0 radical (unpaired) electrons. The normalized spacial score (nSPS) is 23.4. The predicted octanol–water partition coefficient (Wildman–Crippen LogP) is 2.71. The van der Waals surface area contributed by atoms with Gasteiger partial charge in [0.1, 0.15) is 6.04 Å². The number of esters is 1. The molecule has 1 aromatic carbocycles. The van der Waals surface area contributed by atoms with E-state index in [0.29, 0.717) is 24.9 Å². The van der Waals surface area contributed by atoms with Crippen LogP contribution in [0.2, 0.25) is 0 Å². The van der Waals surface area contributed by atoms with Gasteiger partial charge in [-0.05, 0) is 30.4 Å². The fourth-order valence-corrected chi connectivity index (χ4v) is 2.45. The Bertz CT molecular complexity index is 480. The van der Waals surface area contributed by atoms with Crippen molar-refractivity contribution in [3.8, 4) is 0 Å². The highest BCUT2D eigenvalue weighted by molar-refractivity contribution is 5.75. The second-order valence-electron chi connectivity index (χ2n) is 4.88. The molecule has 1 fully saturated rings. The van der Waals surface area contributed by atoms with E-state index in [9.17, 15) is 18.0 Å². The third-order valence-corrected chi connectivity index (χ3v) is 3.59. The van der Waals surface area contributed by atoms with Crippen LogP contribution in [0, 0.1) is 0 Å². The Morgan fingerprint density at radius 1 is 1.35 bits per heavy atom. The van der Waals surface area contributed by atoms with Gasteiger partial charge in [0.15, 0.2) is 0 Å². The number of rotatable bonds is 2. The number of hydrogen-bond acceptors (Lipinski definition) is 3. The summed E-state index contributed by atoms with van der Waals surface area (Å²) in [6.07, 6.45) is -3.10. The van der Waals surface area contributed by atoms with Gasteiger partial charge >= 0.3 is 12.1 Å². The zero-order valence-corrected chi connectivity index (χ0v) is 11.0. The molecule has 0 aromatic heterocycles. The summed E-state index contributed by atoms with van der Waals surface area (Å²) in [6.45, 7) is 0.473. The van der Waals surface area contributed by atoms with Crippen LogP contribution in [0.1, 0.15) is 29.9 Å². The third kappa shape index (κ3) is 3.30. The van der Waals surface area contributed by atoms with Gasteiger partial charge in [0.25, 0.3) is 0 Å². The number of carbonyl (C=O) groups excluding carboxylic acids is 1. The predicted molar refractivity (Wildman–Crippen MR) is 67.2 cm³/mol. The van der Waals surface area contributed by atoms with Crippen LogP contribution >= 0.6 is 0 Å². The van der Waals surface area contributed by atoms with Crippen molar-refractivity contribution in [2.45, 2.75) is 31.0 Å². The number of halogens is 3. The lowest BCUT2D eigenvalue weighted by molar-refractivity contribution is -0.143. The van der Waals surface area contributed by atoms with Crippen LogP contribution in [-0.4, -0.2) is 25.7 Å². The number of ether oxygens (including phenoxy) is 1. The molecule has 0 bridgehead atoms. The zero-order chi connectivity index (χ0) is 14.8. The van der Waals surface area contributed by atoms with E-state index >= 15 is 0 Å². The van der Waals surface area contributed by atoms with Crippen molar-refractivity contribution >= 4 is 5.97 Å². The maximum Gasteiger partial charge on any atom is 0.416 e. The molecule has 110 valence electrons. The van der Waals surface area contributed by atoms with Crippen molar-refractivity contribution in [3.05, 3.63) is 35.4 Å². The van der Waals surface area contributed by atoms with Crippen molar-refractivity contribution in [1.82, 2.24) is 5.32 Å². The first kappa shape index (κ1) is 14.8. The van der Waals surface area contributed by atoms with E-state index in [0.717, 1.165) is 6.07 Å². The van der Waals surface area contributed by atoms with Crippen molar-refractivity contribution in [2.75, 3.05) is 13.7 Å². The van der Waals surface area contributed by atoms with Crippen LogP contribution < -0.4 is 5.32 Å². The smallest absolute Gasteiger partial charge is 0.416 e. The molecule has 0 saturated carbocycles. The first-order valence-electron chi connectivity index (χ1n) is 6.40. The minimum Gasteiger partial charge on any atom is -0.468 e. The minimum absolute atomic E-state index is 0.0155. The summed E-state index contributed by atoms with van der Waals surface area (Å²) >= 11 is 0. The molecule has 0 spiro atoms. The Kier molecular flexibility index (Phi) is 4.32. The fourth-order valence-electron chi connectivity index (χ4n) is 2.45. The number of piperidine rings is 1. The van der Waals surface area contributed by atoms with Crippen LogP contribution in [0.15, 0.2) is 24.3 Å². The Morgan fingerprint density at radius 3 is 2.65 bits per heavy atom. The largest absolute Gasteiger partial charge is 0.468 e. The lowest BCUT2D eigenvalue weighted by Crippen LogP contribution is -2.43. The van der Waals surface area contributed by atoms with E-state index in [1.54, 1.807) is 6.07 Å². The van der Waals surface area contributed by atoms with Gasteiger partial charge in [0.2, 0.25) is 0 Å². The molecular weight excluding hydrogens is 271 g/mol. The summed E-state index contributed by atoms with van der Waals surface area (Å²) in [5, 5.41) is 3.02. The maximum absolute atomic E-state index is 12.7. The van der Waals surface area contributed by atoms with Gasteiger partial charge in [-0.15, -0.1) is 0 Å². The van der Waals surface area contributed by atoms with Crippen molar-refractivity contribution in [2.24, 2.45) is 0 Å². The van der Waals surface area contributed by atoms with E-state index in [4.69, 9.17) is 0 Å². The number of alkyl halides is 3. The van der Waals surface area contributed by atoms with Crippen LogP contribution in [0.3, 0.4) is 0 Å². The highest BCUT2D eigenvalue weighted by Crippen LogP contribution is 2.33. The standard InChI is InChI=1S/C14H16F3NO2/c1-20-13(19)12-6-5-10(8-18-12)9-3-2-4-11(7-9)14(15,16)17/h2-4,7,10,12,18H,5-6,8H2,1H3/t10-,12+/m0/s1. The van der Waals surface area contributed by atoms with Crippen LogP contribution in [0.25, 0.3) is 0 Å². The maximum atomic E-state index is 12.7. The molecule has 1 aliphatic heterocycles. The SMILES string of the molecule is COC(=O)[C@H]1CC[C@H](c2cccc(C(F)(F)F)c2)CN1. The molecule has 6 heteroatoms. The Morgan fingerprint density at radius 2 is 2.10 bits per heavy atom. The monoisotopic (exact) mass is 287 g/mol. The number of benzene rings is 1. The molecule has 2 rings (SSSR count). The van der Waals surface area contributed by atoms with Gasteiger partial charge in [-0.25, -0.2) is 0 Å². The number of hydrogen-bond donors (Lipinski definition) is 1. The summed E-state index contributed by atoms with van der Waals surface area (Å²) in [6, 6.07) is 5.01. The zero-order valence-electron chi connectivity index (χ0n) is 11.0. The summed E-state index contributed by atoms with van der Waals surface area (Å²) in [7, 11) is 1.32. The molecule has 20 heavy (non-hydrogen) atoms. The van der Waals surface area contributed by atoms with Crippen LogP contribution in [-0.2, 0) is 15.7 Å². The molecule has 1 N–H and O–H groups in total. The summed E-state index contributed by atoms with van der Waals surface area (Å²) in [5.74, 6) is -0.342. The average Bonchev–Trinajstić information content (AvgIpc) is 2.46. The van der Waals surface area contributed by atoms with E-state index in [1.165, 1.54) is 19.2 Å². The molecule has 2 atom stereocenters. The lowest BCUT2D eigenvalue weighted by Gasteiger charge is -2.28. The molecular formula is C14H16F3NO2. The van der Waals surface area contributed by atoms with Crippen molar-refractivity contribution in [3.63, 3.8) is 0 Å². The average molecular weight is 287 g/mol. The van der Waals surface area contributed by atoms with Crippen molar-refractivity contribution in [1.29, 1.82) is 0 Å². The number of methoxy groups -OCH3 is 1. The Hall–Kier alpha value is -1.56. The third-order valence-electron chi connectivity index (χ3n) is 3.59. The lowest BCUT2D eigenvalue weighted by atomic mass is 9.88. The summed E-state index contributed by atoms with van der Waals surface area (Å²) in [4.78, 5) is 11.4. The first-order valence-corrected chi connectivity index (χ1v) is 6.40. The van der Waals surface area contributed by atoms with Gasteiger partial charge in [-0.1, -0.05) is 18.2 Å². The first-order chi connectivity index (χ1) is 9.41. The second-order valence-corrected chi connectivity index (χ2v) is 4.88. The highest BCUT2D eigenvalue weighted by atomic mass is 19.4. The Labute approximate surface area is 115 Å². The fraction of sp³-hybridized carbons (Fsp3) is 0.500. The summed E-state index contributed by atoms with van der Waals surface area (Å²) < 4.78 is 42.7. The highest BCUT2D eigenvalue weighted by Gasteiger charge is 2.32.